The molecule has 0 saturated carbocycles. The maximum Gasteiger partial charge on any atom is 0.118 e. The second-order valence-electron chi connectivity index (χ2n) is 6.91. The van der Waals surface area contributed by atoms with Gasteiger partial charge in [0.2, 0.25) is 0 Å². The van der Waals surface area contributed by atoms with Crippen LogP contribution in [-0.2, 0) is 0 Å². The molecule has 128 valence electrons. The normalized spacial score (nSPS) is 12.0. The van der Waals surface area contributed by atoms with Crippen molar-refractivity contribution < 1.29 is 5.21 Å². The van der Waals surface area contributed by atoms with Crippen LogP contribution in [0.5, 0.6) is 0 Å². The summed E-state index contributed by atoms with van der Waals surface area (Å²) in [4.78, 5) is 0. The molecule has 4 aromatic carbocycles. The molecule has 0 aromatic heterocycles. The lowest BCUT2D eigenvalue weighted by Crippen LogP contribution is -2.09. The largest absolute Gasteiger partial charge is 0.410 e. The van der Waals surface area contributed by atoms with E-state index < -0.39 is 0 Å². The van der Waals surface area contributed by atoms with Gasteiger partial charge >= 0.3 is 0 Å². The minimum atomic E-state index is 0.627. The van der Waals surface area contributed by atoms with Crippen molar-refractivity contribution in [3.8, 4) is 0 Å². The van der Waals surface area contributed by atoms with Crippen LogP contribution in [0, 0.1) is 20.8 Å². The van der Waals surface area contributed by atoms with E-state index in [4.69, 9.17) is 0 Å². The summed E-state index contributed by atoms with van der Waals surface area (Å²) in [5.41, 5.74) is 6.03. The third-order valence-corrected chi connectivity index (χ3v) is 5.04. The van der Waals surface area contributed by atoms with Crippen molar-refractivity contribution in [2.24, 2.45) is 5.16 Å². The Morgan fingerprint density at radius 2 is 1.31 bits per heavy atom. The Hall–Kier alpha value is -3.13. The SMILES string of the molecule is Cc1cc(C)c(/C(=N/O)c2cc3ccccc3c3ccccc23)c(C)c1. The molecule has 0 bridgehead atoms. The van der Waals surface area contributed by atoms with Crippen molar-refractivity contribution in [1.82, 2.24) is 0 Å². The van der Waals surface area contributed by atoms with Crippen LogP contribution >= 0.6 is 0 Å². The third kappa shape index (κ3) is 2.55. The number of oxime groups is 1. The fourth-order valence-electron chi connectivity index (χ4n) is 4.04. The van der Waals surface area contributed by atoms with Crippen molar-refractivity contribution in [2.45, 2.75) is 20.8 Å². The lowest BCUT2D eigenvalue weighted by atomic mass is 9.88. The highest BCUT2D eigenvalue weighted by atomic mass is 16.4. The molecule has 0 saturated heterocycles. The molecule has 0 aliphatic carbocycles. The number of nitrogens with zero attached hydrogens (tertiary/aromatic N) is 1. The Labute approximate surface area is 153 Å². The van der Waals surface area contributed by atoms with Crippen LogP contribution in [0.1, 0.15) is 27.8 Å². The highest BCUT2D eigenvalue weighted by Crippen LogP contribution is 2.31. The van der Waals surface area contributed by atoms with Crippen LogP contribution in [0.15, 0.2) is 71.9 Å². The van der Waals surface area contributed by atoms with Crippen LogP contribution in [-0.4, -0.2) is 10.9 Å². The molecule has 2 heteroatoms. The predicted molar refractivity (Wildman–Crippen MR) is 110 cm³/mol. The van der Waals surface area contributed by atoms with Crippen LogP contribution in [0.25, 0.3) is 21.5 Å². The Morgan fingerprint density at radius 3 is 1.96 bits per heavy atom. The number of hydrogen-bond donors (Lipinski definition) is 1. The zero-order chi connectivity index (χ0) is 18.3. The zero-order valence-corrected chi connectivity index (χ0v) is 15.2. The van der Waals surface area contributed by atoms with Gasteiger partial charge in [-0.3, -0.25) is 0 Å². The van der Waals surface area contributed by atoms with Gasteiger partial charge in [0.15, 0.2) is 0 Å². The fraction of sp³-hybridized carbons (Fsp3) is 0.125. The second kappa shape index (κ2) is 6.30. The Bertz CT molecular complexity index is 1150. The molecule has 2 nitrogen and oxygen atoms in total. The van der Waals surface area contributed by atoms with Gasteiger partial charge in [0.1, 0.15) is 5.71 Å². The lowest BCUT2D eigenvalue weighted by Gasteiger charge is -2.16. The first kappa shape index (κ1) is 16.3. The molecule has 0 fully saturated rings. The van der Waals surface area contributed by atoms with E-state index in [-0.39, 0.29) is 0 Å². The summed E-state index contributed by atoms with van der Waals surface area (Å²) >= 11 is 0. The quantitative estimate of drug-likeness (QED) is 0.202. The number of benzene rings is 4. The van der Waals surface area contributed by atoms with Crippen molar-refractivity contribution in [3.05, 3.63) is 94.5 Å². The maximum absolute atomic E-state index is 9.97. The molecule has 26 heavy (non-hydrogen) atoms. The fourth-order valence-corrected chi connectivity index (χ4v) is 4.04. The molecule has 0 amide bonds. The molecule has 0 aliphatic heterocycles. The summed E-state index contributed by atoms with van der Waals surface area (Å²) < 4.78 is 0. The lowest BCUT2D eigenvalue weighted by molar-refractivity contribution is 0.319. The van der Waals surface area contributed by atoms with Gasteiger partial charge in [0, 0.05) is 11.1 Å². The molecule has 0 radical (unpaired) electrons. The number of aryl methyl sites for hydroxylation is 3. The van der Waals surface area contributed by atoms with Gasteiger partial charge in [-0.2, -0.15) is 0 Å². The molecule has 0 spiro atoms. The monoisotopic (exact) mass is 339 g/mol. The van der Waals surface area contributed by atoms with Gasteiger partial charge in [-0.05, 0) is 59.5 Å². The average molecular weight is 339 g/mol. The van der Waals surface area contributed by atoms with Gasteiger partial charge in [-0.1, -0.05) is 71.4 Å². The molecule has 4 aromatic rings. The van der Waals surface area contributed by atoms with Crippen molar-refractivity contribution >= 4 is 27.3 Å². The first-order valence-electron chi connectivity index (χ1n) is 8.81. The van der Waals surface area contributed by atoms with Gasteiger partial charge in [-0.15, -0.1) is 0 Å². The van der Waals surface area contributed by atoms with Gasteiger partial charge in [0.25, 0.3) is 0 Å². The van der Waals surface area contributed by atoms with E-state index in [2.05, 4.69) is 80.5 Å². The highest BCUT2D eigenvalue weighted by Gasteiger charge is 2.17. The van der Waals surface area contributed by atoms with E-state index in [9.17, 15) is 5.21 Å². The van der Waals surface area contributed by atoms with Gasteiger partial charge < -0.3 is 5.21 Å². The summed E-state index contributed by atoms with van der Waals surface area (Å²) in [6, 6.07) is 23.1. The van der Waals surface area contributed by atoms with E-state index in [1.54, 1.807) is 0 Å². The van der Waals surface area contributed by atoms with Crippen molar-refractivity contribution in [3.63, 3.8) is 0 Å². The Kier molecular flexibility index (Phi) is 3.96. The van der Waals surface area contributed by atoms with Gasteiger partial charge in [-0.25, -0.2) is 0 Å². The molecule has 0 atom stereocenters. The summed E-state index contributed by atoms with van der Waals surface area (Å²) in [5, 5.41) is 18.3. The van der Waals surface area contributed by atoms with E-state index in [0.717, 1.165) is 33.0 Å². The summed E-state index contributed by atoms with van der Waals surface area (Å²) in [6.45, 7) is 6.23. The van der Waals surface area contributed by atoms with E-state index in [1.807, 2.05) is 12.1 Å². The third-order valence-electron chi connectivity index (χ3n) is 5.04. The summed E-state index contributed by atoms with van der Waals surface area (Å²) in [5.74, 6) is 0. The molecular weight excluding hydrogens is 318 g/mol. The van der Waals surface area contributed by atoms with Gasteiger partial charge in [0.05, 0.1) is 0 Å². The van der Waals surface area contributed by atoms with Crippen LogP contribution < -0.4 is 0 Å². The number of hydrogen-bond acceptors (Lipinski definition) is 2. The molecular formula is C24H21NO. The first-order chi connectivity index (χ1) is 12.6. The summed E-state index contributed by atoms with van der Waals surface area (Å²) in [6.07, 6.45) is 0. The van der Waals surface area contributed by atoms with E-state index in [1.165, 1.54) is 16.3 Å². The smallest absolute Gasteiger partial charge is 0.118 e. The second-order valence-corrected chi connectivity index (χ2v) is 6.91. The minimum Gasteiger partial charge on any atom is -0.410 e. The first-order valence-corrected chi connectivity index (χ1v) is 8.81. The van der Waals surface area contributed by atoms with Crippen LogP contribution in [0.2, 0.25) is 0 Å². The van der Waals surface area contributed by atoms with Crippen molar-refractivity contribution in [1.29, 1.82) is 0 Å². The molecule has 1 N–H and O–H groups in total. The molecule has 0 aliphatic rings. The predicted octanol–water partition coefficient (Wildman–Crippen LogP) is 6.14. The van der Waals surface area contributed by atoms with Crippen LogP contribution in [0.3, 0.4) is 0 Å². The van der Waals surface area contributed by atoms with E-state index in [0.29, 0.717) is 5.71 Å². The summed E-state index contributed by atoms with van der Waals surface area (Å²) in [7, 11) is 0. The molecule has 0 unspecified atom stereocenters. The standard InChI is InChI=1S/C24H21NO/c1-15-12-16(2)23(17(3)13-15)24(25-26)22-14-18-8-4-5-9-19(18)20-10-6-7-11-21(20)22/h4-14,26H,1-3H3/b25-24+. The van der Waals surface area contributed by atoms with Crippen LogP contribution in [0.4, 0.5) is 0 Å². The highest BCUT2D eigenvalue weighted by molar-refractivity contribution is 6.24. The Morgan fingerprint density at radius 1 is 0.731 bits per heavy atom. The average Bonchev–Trinajstić information content (AvgIpc) is 2.64. The zero-order valence-electron chi connectivity index (χ0n) is 15.2. The molecule has 0 heterocycles. The topological polar surface area (TPSA) is 32.6 Å². The Balaban J connectivity index is 2.10. The number of fused-ring (bicyclic) bond motifs is 3. The number of rotatable bonds is 2. The van der Waals surface area contributed by atoms with Crippen molar-refractivity contribution in [2.75, 3.05) is 0 Å². The molecule has 4 rings (SSSR count). The van der Waals surface area contributed by atoms with E-state index >= 15 is 0 Å². The minimum absolute atomic E-state index is 0.627. The maximum atomic E-state index is 9.97.